The van der Waals surface area contributed by atoms with Crippen molar-refractivity contribution in [1.82, 2.24) is 20.4 Å². The third-order valence-electron chi connectivity index (χ3n) is 5.96. The van der Waals surface area contributed by atoms with Crippen LogP contribution < -0.4 is 10.1 Å². The predicted molar refractivity (Wildman–Crippen MR) is 105 cm³/mol. The first-order valence-corrected chi connectivity index (χ1v) is 9.97. The topological polar surface area (TPSA) is 70.2 Å². The molecule has 3 heterocycles. The van der Waals surface area contributed by atoms with Crippen molar-refractivity contribution < 1.29 is 9.53 Å². The quantitative estimate of drug-likeness (QED) is 0.851. The molecule has 0 aliphatic carbocycles. The van der Waals surface area contributed by atoms with Crippen LogP contribution in [0.2, 0.25) is 0 Å². The summed E-state index contributed by atoms with van der Waals surface area (Å²) in [4.78, 5) is 15.2. The number of aromatic amines is 1. The van der Waals surface area contributed by atoms with Crippen LogP contribution in [0.3, 0.4) is 0 Å². The lowest BCUT2D eigenvalue weighted by molar-refractivity contribution is 0.0575. The molecule has 1 aromatic heterocycles. The second-order valence-electron chi connectivity index (χ2n) is 7.58. The molecule has 2 aliphatic heterocycles. The zero-order valence-corrected chi connectivity index (χ0v) is 15.9. The molecule has 2 saturated heterocycles. The Labute approximate surface area is 160 Å². The van der Waals surface area contributed by atoms with Gasteiger partial charge in [0.05, 0.1) is 12.8 Å². The molecule has 0 spiro atoms. The largest absolute Gasteiger partial charge is 0.496 e. The van der Waals surface area contributed by atoms with Crippen molar-refractivity contribution >= 4 is 5.91 Å². The van der Waals surface area contributed by atoms with Gasteiger partial charge in [0.1, 0.15) is 11.4 Å². The number of nitrogens with zero attached hydrogens (tertiary/aromatic N) is 2. The molecule has 0 unspecified atom stereocenters. The minimum Gasteiger partial charge on any atom is -0.496 e. The number of methoxy groups -OCH3 is 1. The number of ether oxygens (including phenoxy) is 1. The summed E-state index contributed by atoms with van der Waals surface area (Å²) in [6.07, 6.45) is 6.34. The Morgan fingerprint density at radius 3 is 3.00 bits per heavy atom. The first kappa shape index (κ1) is 18.0. The maximum Gasteiger partial charge on any atom is 0.269 e. The zero-order valence-electron chi connectivity index (χ0n) is 15.9. The molecule has 2 aromatic rings. The van der Waals surface area contributed by atoms with E-state index in [1.807, 2.05) is 24.3 Å². The molecule has 2 fully saturated rings. The average Bonchev–Trinajstić information content (AvgIpc) is 3.22. The van der Waals surface area contributed by atoms with Gasteiger partial charge in [0.2, 0.25) is 0 Å². The van der Waals surface area contributed by atoms with Gasteiger partial charge >= 0.3 is 0 Å². The molecular weight excluding hydrogens is 340 g/mol. The van der Waals surface area contributed by atoms with Crippen molar-refractivity contribution in [3.8, 4) is 17.0 Å². The Hall–Kier alpha value is -2.34. The van der Waals surface area contributed by atoms with Crippen molar-refractivity contribution in [3.05, 3.63) is 36.0 Å². The summed E-state index contributed by atoms with van der Waals surface area (Å²) in [5, 5.41) is 10.3. The summed E-state index contributed by atoms with van der Waals surface area (Å²) in [6, 6.07) is 10.1. The van der Waals surface area contributed by atoms with E-state index < -0.39 is 0 Å². The number of piperidine rings is 2. The number of hydrogen-bond acceptors (Lipinski definition) is 4. The standard InChI is InChI=1S/C21H28N4O2/c1-27-20-10-3-2-8-16(20)17-13-18(24-23-17)21(26)22-14-15-7-6-12-25-11-5-4-9-19(15)25/h2-3,8,10,13,15,19H,4-7,9,11-12,14H2,1H3,(H,22,26)(H,23,24)/t15-,19+/m0/s1. The number of para-hydroxylation sites is 1. The number of hydrogen-bond donors (Lipinski definition) is 2. The van der Waals surface area contributed by atoms with Gasteiger partial charge in [0.25, 0.3) is 5.91 Å². The lowest BCUT2D eigenvalue weighted by atomic mass is 9.83. The Balaban J connectivity index is 1.40. The van der Waals surface area contributed by atoms with Gasteiger partial charge in [-0.1, -0.05) is 18.6 Å². The fourth-order valence-electron chi connectivity index (χ4n) is 4.57. The molecule has 144 valence electrons. The van der Waals surface area contributed by atoms with E-state index in [4.69, 9.17) is 4.74 Å². The minimum absolute atomic E-state index is 0.0865. The number of aromatic nitrogens is 2. The fraction of sp³-hybridized carbons (Fsp3) is 0.524. The highest BCUT2D eigenvalue weighted by molar-refractivity contribution is 5.93. The molecule has 0 radical (unpaired) electrons. The van der Waals surface area contributed by atoms with Crippen LogP contribution in [0, 0.1) is 5.92 Å². The number of carbonyl (C=O) groups excluding carboxylic acids is 1. The van der Waals surface area contributed by atoms with Crippen LogP contribution in [-0.4, -0.2) is 53.8 Å². The van der Waals surface area contributed by atoms with E-state index in [2.05, 4.69) is 20.4 Å². The van der Waals surface area contributed by atoms with Crippen LogP contribution in [-0.2, 0) is 0 Å². The minimum atomic E-state index is -0.0865. The predicted octanol–water partition coefficient (Wildman–Crippen LogP) is 3.08. The lowest BCUT2D eigenvalue weighted by Gasteiger charge is -2.44. The summed E-state index contributed by atoms with van der Waals surface area (Å²) in [7, 11) is 1.64. The molecule has 1 aromatic carbocycles. The van der Waals surface area contributed by atoms with Crippen LogP contribution in [0.5, 0.6) is 5.75 Å². The van der Waals surface area contributed by atoms with E-state index in [0.29, 0.717) is 23.3 Å². The molecule has 6 nitrogen and oxygen atoms in total. The molecule has 0 bridgehead atoms. The Morgan fingerprint density at radius 1 is 1.26 bits per heavy atom. The van der Waals surface area contributed by atoms with E-state index in [1.165, 1.54) is 45.2 Å². The van der Waals surface area contributed by atoms with Crippen molar-refractivity contribution in [1.29, 1.82) is 0 Å². The monoisotopic (exact) mass is 368 g/mol. The van der Waals surface area contributed by atoms with Gasteiger partial charge in [-0.2, -0.15) is 5.10 Å². The van der Waals surface area contributed by atoms with Crippen LogP contribution in [0.15, 0.2) is 30.3 Å². The van der Waals surface area contributed by atoms with Crippen LogP contribution in [0.25, 0.3) is 11.3 Å². The fourth-order valence-corrected chi connectivity index (χ4v) is 4.57. The number of benzene rings is 1. The molecule has 27 heavy (non-hydrogen) atoms. The molecule has 1 amide bonds. The highest BCUT2D eigenvalue weighted by Gasteiger charge is 2.33. The summed E-state index contributed by atoms with van der Waals surface area (Å²) >= 11 is 0. The average molecular weight is 368 g/mol. The van der Waals surface area contributed by atoms with Gasteiger partial charge in [-0.3, -0.25) is 9.89 Å². The maximum absolute atomic E-state index is 12.6. The highest BCUT2D eigenvalue weighted by atomic mass is 16.5. The number of nitrogens with one attached hydrogen (secondary N) is 2. The van der Waals surface area contributed by atoms with E-state index in [-0.39, 0.29) is 5.91 Å². The molecule has 0 saturated carbocycles. The lowest BCUT2D eigenvalue weighted by Crippen LogP contribution is -2.51. The number of fused-ring (bicyclic) bond motifs is 1. The summed E-state index contributed by atoms with van der Waals surface area (Å²) in [6.45, 7) is 3.18. The summed E-state index contributed by atoms with van der Waals surface area (Å²) in [5.41, 5.74) is 2.08. The normalized spacial score (nSPS) is 22.9. The first-order chi connectivity index (χ1) is 13.3. The number of H-pyrrole nitrogens is 1. The molecule has 2 atom stereocenters. The van der Waals surface area contributed by atoms with Crippen molar-refractivity contribution in [2.45, 2.75) is 38.1 Å². The molecule has 2 N–H and O–H groups in total. The second kappa shape index (κ2) is 8.13. The van der Waals surface area contributed by atoms with Gasteiger partial charge in [0.15, 0.2) is 0 Å². The summed E-state index contributed by atoms with van der Waals surface area (Å²) in [5.74, 6) is 1.21. The molecular formula is C21H28N4O2. The van der Waals surface area contributed by atoms with Crippen LogP contribution in [0.4, 0.5) is 0 Å². The van der Waals surface area contributed by atoms with Gasteiger partial charge in [-0.05, 0) is 62.9 Å². The number of carbonyl (C=O) groups is 1. The molecule has 4 rings (SSSR count). The highest BCUT2D eigenvalue weighted by Crippen LogP contribution is 2.31. The first-order valence-electron chi connectivity index (χ1n) is 9.97. The maximum atomic E-state index is 12.6. The number of rotatable bonds is 5. The van der Waals surface area contributed by atoms with Crippen molar-refractivity contribution in [2.75, 3.05) is 26.7 Å². The van der Waals surface area contributed by atoms with E-state index >= 15 is 0 Å². The van der Waals surface area contributed by atoms with Crippen molar-refractivity contribution in [2.24, 2.45) is 5.92 Å². The number of amides is 1. The third kappa shape index (κ3) is 3.86. The Kier molecular flexibility index (Phi) is 5.43. The summed E-state index contributed by atoms with van der Waals surface area (Å²) < 4.78 is 5.39. The SMILES string of the molecule is COc1ccccc1-c1cc(C(=O)NC[C@@H]2CCCN3CCCC[C@H]23)[nH]n1. The Morgan fingerprint density at radius 2 is 2.11 bits per heavy atom. The molecule has 6 heteroatoms. The van der Waals surface area contributed by atoms with Crippen LogP contribution in [0.1, 0.15) is 42.6 Å². The van der Waals surface area contributed by atoms with Crippen molar-refractivity contribution in [3.63, 3.8) is 0 Å². The van der Waals surface area contributed by atoms with Gasteiger partial charge in [-0.25, -0.2) is 0 Å². The zero-order chi connectivity index (χ0) is 18.6. The van der Waals surface area contributed by atoms with Gasteiger partial charge < -0.3 is 15.0 Å². The van der Waals surface area contributed by atoms with Gasteiger partial charge in [-0.15, -0.1) is 0 Å². The van der Waals surface area contributed by atoms with Crippen LogP contribution >= 0.6 is 0 Å². The third-order valence-corrected chi connectivity index (χ3v) is 5.96. The van der Waals surface area contributed by atoms with Gasteiger partial charge in [0, 0.05) is 18.2 Å². The smallest absolute Gasteiger partial charge is 0.269 e. The second-order valence-corrected chi connectivity index (χ2v) is 7.58. The Bertz CT molecular complexity index is 786. The molecule has 2 aliphatic rings. The van der Waals surface area contributed by atoms with E-state index in [1.54, 1.807) is 13.2 Å². The van der Waals surface area contributed by atoms with E-state index in [0.717, 1.165) is 17.9 Å². The van der Waals surface area contributed by atoms with E-state index in [9.17, 15) is 4.79 Å².